The molecule has 9 nitrogen and oxygen atoms in total. The van der Waals surface area contributed by atoms with Crippen LogP contribution in [0.1, 0.15) is 19.5 Å². The summed E-state index contributed by atoms with van der Waals surface area (Å²) in [5, 5.41) is 13.0. The summed E-state index contributed by atoms with van der Waals surface area (Å²) in [4.78, 5) is 35.2. The van der Waals surface area contributed by atoms with Crippen molar-refractivity contribution in [3.8, 4) is 10.8 Å². The predicted octanol–water partition coefficient (Wildman–Crippen LogP) is 2.93. The Bertz CT molecular complexity index is 1190. The summed E-state index contributed by atoms with van der Waals surface area (Å²) < 4.78 is 1.93. The number of hydrogen-bond acceptors (Lipinski definition) is 6. The van der Waals surface area contributed by atoms with Crippen LogP contribution in [0.15, 0.2) is 42.2 Å². The van der Waals surface area contributed by atoms with Crippen LogP contribution in [0.2, 0.25) is 0 Å². The van der Waals surface area contributed by atoms with E-state index in [4.69, 9.17) is 0 Å². The number of aromatic nitrogens is 5. The van der Waals surface area contributed by atoms with Gasteiger partial charge in [-0.1, -0.05) is 0 Å². The Morgan fingerprint density at radius 2 is 2.06 bits per heavy atom. The lowest BCUT2D eigenvalue weighted by atomic mass is 10.2. The van der Waals surface area contributed by atoms with Crippen molar-refractivity contribution in [2.75, 3.05) is 18.4 Å². The molecule has 0 aliphatic carbocycles. The summed E-state index contributed by atoms with van der Waals surface area (Å²) in [6, 6.07) is 7.63. The lowest BCUT2D eigenvalue weighted by Crippen LogP contribution is -2.33. The number of nitrogens with zero attached hydrogens (tertiary/aromatic N) is 5. The second-order valence-electron chi connectivity index (χ2n) is 6.99. The number of amides is 2. The third kappa shape index (κ3) is 4.64. The molecular weight excluding hydrogens is 414 g/mol. The number of carbonyl (C=O) groups excluding carboxylic acids is 2. The zero-order chi connectivity index (χ0) is 21.8. The van der Waals surface area contributed by atoms with Crippen molar-refractivity contribution in [3.05, 3.63) is 47.9 Å². The van der Waals surface area contributed by atoms with Crippen LogP contribution in [0.4, 0.5) is 5.69 Å². The van der Waals surface area contributed by atoms with Crippen molar-refractivity contribution in [2.24, 2.45) is 0 Å². The van der Waals surface area contributed by atoms with Gasteiger partial charge in [0.15, 0.2) is 10.8 Å². The molecule has 160 valence electrons. The molecule has 1 aromatic carbocycles. The highest BCUT2D eigenvalue weighted by atomic mass is 32.1. The number of nitrogens with one attached hydrogen (secondary N) is 2. The zero-order valence-electron chi connectivity index (χ0n) is 17.3. The number of hydrogen-bond donors (Lipinski definition) is 2. The van der Waals surface area contributed by atoms with E-state index in [0.29, 0.717) is 41.8 Å². The van der Waals surface area contributed by atoms with Crippen LogP contribution in [-0.2, 0) is 22.6 Å². The molecule has 0 aliphatic rings. The van der Waals surface area contributed by atoms with Crippen LogP contribution in [-0.4, -0.2) is 54.5 Å². The second kappa shape index (κ2) is 9.09. The first-order chi connectivity index (χ1) is 15.1. The van der Waals surface area contributed by atoms with Gasteiger partial charge in [0.2, 0.25) is 11.8 Å². The molecule has 2 amide bonds. The number of benzene rings is 1. The van der Waals surface area contributed by atoms with E-state index in [1.165, 1.54) is 17.7 Å². The smallest absolute Gasteiger partial charge is 0.242 e. The minimum Gasteiger partial charge on any atom is -0.342 e. The Morgan fingerprint density at radius 1 is 1.23 bits per heavy atom. The van der Waals surface area contributed by atoms with E-state index in [0.717, 1.165) is 10.9 Å². The van der Waals surface area contributed by atoms with Gasteiger partial charge in [0.25, 0.3) is 0 Å². The van der Waals surface area contributed by atoms with Crippen molar-refractivity contribution < 1.29 is 9.59 Å². The van der Waals surface area contributed by atoms with Crippen LogP contribution >= 0.6 is 11.3 Å². The van der Waals surface area contributed by atoms with E-state index in [2.05, 4.69) is 25.5 Å². The van der Waals surface area contributed by atoms with Crippen molar-refractivity contribution in [1.82, 2.24) is 29.6 Å². The monoisotopic (exact) mass is 437 g/mol. The fraction of sp³-hybridized carbons (Fsp3) is 0.286. The molecule has 0 atom stereocenters. The Labute approximate surface area is 183 Å². The summed E-state index contributed by atoms with van der Waals surface area (Å²) in [7, 11) is 0. The van der Waals surface area contributed by atoms with Crippen molar-refractivity contribution in [3.63, 3.8) is 0 Å². The lowest BCUT2D eigenvalue weighted by molar-refractivity contribution is -0.131. The van der Waals surface area contributed by atoms with Crippen molar-refractivity contribution in [1.29, 1.82) is 0 Å². The molecule has 31 heavy (non-hydrogen) atoms. The molecule has 3 aromatic heterocycles. The molecule has 0 fully saturated rings. The number of anilines is 1. The highest BCUT2D eigenvalue weighted by molar-refractivity contribution is 7.13. The van der Waals surface area contributed by atoms with Gasteiger partial charge in [0.1, 0.15) is 12.9 Å². The molecule has 3 heterocycles. The first-order valence-electron chi connectivity index (χ1n) is 10.0. The normalized spacial score (nSPS) is 11.0. The van der Waals surface area contributed by atoms with E-state index in [-0.39, 0.29) is 18.2 Å². The molecule has 4 aromatic rings. The maximum absolute atomic E-state index is 12.5. The Balaban J connectivity index is 1.41. The summed E-state index contributed by atoms with van der Waals surface area (Å²) in [6.07, 6.45) is 3.49. The van der Waals surface area contributed by atoms with Gasteiger partial charge in [-0.2, -0.15) is 5.10 Å². The average molecular weight is 438 g/mol. The van der Waals surface area contributed by atoms with Gasteiger partial charge in [-0.05, 0) is 38.1 Å². The quantitative estimate of drug-likeness (QED) is 0.441. The highest BCUT2D eigenvalue weighted by Crippen LogP contribution is 2.22. The molecule has 10 heteroatoms. The topological polar surface area (TPSA) is 109 Å². The first kappa shape index (κ1) is 20.7. The van der Waals surface area contributed by atoms with Crippen LogP contribution in [0.25, 0.3) is 21.7 Å². The Morgan fingerprint density at radius 3 is 2.81 bits per heavy atom. The van der Waals surface area contributed by atoms with Crippen LogP contribution < -0.4 is 5.32 Å². The summed E-state index contributed by atoms with van der Waals surface area (Å²) in [5.74, 6) is 0.531. The predicted molar refractivity (Wildman–Crippen MR) is 120 cm³/mol. The standard InChI is InChI=1S/C21H23N7O2S/c1-3-27(4-2)19(30)11-28-8-7-14-9-15(5-6-17(14)28)24-18(29)10-16-12-31-21(25-16)20-22-13-23-26-20/h5-9,12-13H,3-4,10-11H2,1-2H3,(H,24,29)(H,22,23,26). The highest BCUT2D eigenvalue weighted by Gasteiger charge is 2.13. The number of likely N-dealkylation sites (N-methyl/N-ethyl adjacent to an activating group) is 1. The molecule has 0 saturated carbocycles. The van der Waals surface area contributed by atoms with E-state index in [1.54, 1.807) is 0 Å². The molecule has 0 unspecified atom stereocenters. The van der Waals surface area contributed by atoms with Gasteiger partial charge in [-0.15, -0.1) is 11.3 Å². The summed E-state index contributed by atoms with van der Waals surface area (Å²) in [6.45, 7) is 5.65. The van der Waals surface area contributed by atoms with Crippen LogP contribution in [0, 0.1) is 0 Å². The molecule has 0 spiro atoms. The molecular formula is C21H23N7O2S. The molecule has 0 bridgehead atoms. The molecule has 0 aliphatic heterocycles. The van der Waals surface area contributed by atoms with Gasteiger partial charge >= 0.3 is 0 Å². The zero-order valence-corrected chi connectivity index (χ0v) is 18.1. The third-order valence-corrected chi connectivity index (χ3v) is 5.89. The minimum atomic E-state index is -0.148. The molecule has 0 saturated heterocycles. The van der Waals surface area contributed by atoms with E-state index < -0.39 is 0 Å². The van der Waals surface area contributed by atoms with Gasteiger partial charge in [0, 0.05) is 41.3 Å². The fourth-order valence-electron chi connectivity index (χ4n) is 3.41. The van der Waals surface area contributed by atoms with Crippen LogP contribution in [0.5, 0.6) is 0 Å². The maximum Gasteiger partial charge on any atom is 0.242 e. The maximum atomic E-state index is 12.5. The third-order valence-electron chi connectivity index (χ3n) is 4.99. The Hall–Kier alpha value is -3.53. The SMILES string of the molecule is CCN(CC)C(=O)Cn1ccc2cc(NC(=O)Cc3csc(-c4ncn[nH]4)n3)ccc21. The number of fused-ring (bicyclic) bond motifs is 1. The van der Waals surface area contributed by atoms with Crippen molar-refractivity contribution >= 4 is 39.7 Å². The van der Waals surface area contributed by atoms with Gasteiger partial charge in [-0.25, -0.2) is 9.97 Å². The first-order valence-corrected chi connectivity index (χ1v) is 10.9. The van der Waals surface area contributed by atoms with E-state index >= 15 is 0 Å². The lowest BCUT2D eigenvalue weighted by Gasteiger charge is -2.19. The number of carbonyl (C=O) groups is 2. The fourth-order valence-corrected chi connectivity index (χ4v) is 4.18. The number of rotatable bonds is 8. The van der Waals surface area contributed by atoms with Crippen molar-refractivity contribution in [2.45, 2.75) is 26.8 Å². The van der Waals surface area contributed by atoms with Gasteiger partial charge < -0.3 is 14.8 Å². The van der Waals surface area contributed by atoms with Gasteiger partial charge in [0.05, 0.1) is 12.1 Å². The second-order valence-corrected chi connectivity index (χ2v) is 7.84. The number of H-pyrrole nitrogens is 1. The Kier molecular flexibility index (Phi) is 6.08. The minimum absolute atomic E-state index is 0.0906. The average Bonchev–Trinajstić information content (AvgIpc) is 3.50. The molecule has 2 N–H and O–H groups in total. The van der Waals surface area contributed by atoms with E-state index in [1.807, 2.05) is 59.2 Å². The number of thiazole rings is 1. The summed E-state index contributed by atoms with van der Waals surface area (Å²) >= 11 is 1.41. The van der Waals surface area contributed by atoms with Crippen LogP contribution in [0.3, 0.4) is 0 Å². The molecule has 4 rings (SSSR count). The molecule has 0 radical (unpaired) electrons. The summed E-state index contributed by atoms with van der Waals surface area (Å²) in [5.41, 5.74) is 2.33. The van der Waals surface area contributed by atoms with Gasteiger partial charge in [-0.3, -0.25) is 14.7 Å². The van der Waals surface area contributed by atoms with E-state index in [9.17, 15) is 9.59 Å². The number of aromatic amines is 1. The largest absolute Gasteiger partial charge is 0.342 e.